The molecule has 4 heteroatoms. The van der Waals surface area contributed by atoms with E-state index in [1.807, 2.05) is 12.1 Å². The lowest BCUT2D eigenvalue weighted by atomic mass is 9.91. The third-order valence-electron chi connectivity index (χ3n) is 2.89. The lowest BCUT2D eigenvalue weighted by Gasteiger charge is -2.31. The predicted molar refractivity (Wildman–Crippen MR) is 69.2 cm³/mol. The number of rotatable bonds is 2. The summed E-state index contributed by atoms with van der Waals surface area (Å²) in [5.74, 6) is 6.41. The number of benzene rings is 1. The Hall–Kier alpha value is -1.68. The normalized spacial score (nSPS) is 16.6. The van der Waals surface area contributed by atoms with E-state index >= 15 is 0 Å². The molecule has 0 amide bonds. The van der Waals surface area contributed by atoms with Crippen molar-refractivity contribution in [1.82, 2.24) is 0 Å². The maximum Gasteiger partial charge on any atom is 0.189 e. The first-order valence-corrected chi connectivity index (χ1v) is 5.53. The number of anilines is 1. The Bertz CT molecular complexity index is 479. The molecule has 0 bridgehead atoms. The van der Waals surface area contributed by atoms with E-state index in [1.54, 1.807) is 7.11 Å². The Balaban J connectivity index is 2.57. The van der Waals surface area contributed by atoms with Crippen LogP contribution in [0.5, 0.6) is 11.5 Å². The molecule has 0 fully saturated rings. The predicted octanol–water partition coefficient (Wildman–Crippen LogP) is 2.56. The number of fused-ring (bicyclic) bond motifs is 1. The van der Waals surface area contributed by atoms with E-state index in [0.29, 0.717) is 11.5 Å². The monoisotopic (exact) mass is 234 g/mol. The molecule has 1 aliphatic rings. The van der Waals surface area contributed by atoms with Crippen molar-refractivity contribution in [3.05, 3.63) is 23.8 Å². The summed E-state index contributed by atoms with van der Waals surface area (Å²) in [6.45, 7) is 6.33. The van der Waals surface area contributed by atoms with Crippen LogP contribution in [0, 0.1) is 0 Å². The van der Waals surface area contributed by atoms with Gasteiger partial charge in [0.2, 0.25) is 0 Å². The molecule has 0 unspecified atom stereocenters. The second kappa shape index (κ2) is 3.96. The van der Waals surface area contributed by atoms with Gasteiger partial charge in [0.05, 0.1) is 12.6 Å². The Kier molecular flexibility index (Phi) is 2.75. The highest BCUT2D eigenvalue weighted by molar-refractivity contribution is 5.82. The average molecular weight is 234 g/mol. The van der Waals surface area contributed by atoms with E-state index in [2.05, 4.69) is 32.2 Å². The first-order valence-electron chi connectivity index (χ1n) is 5.53. The molecule has 0 aromatic heterocycles. The summed E-state index contributed by atoms with van der Waals surface area (Å²) in [4.78, 5) is 4.82. The molecule has 17 heavy (non-hydrogen) atoms. The minimum absolute atomic E-state index is 0.0623. The molecule has 1 heterocycles. The molecule has 0 saturated heterocycles. The van der Waals surface area contributed by atoms with E-state index in [0.717, 1.165) is 11.3 Å². The lowest BCUT2D eigenvalue weighted by Crippen LogP contribution is -2.31. The highest BCUT2D eigenvalue weighted by Crippen LogP contribution is 2.40. The van der Waals surface area contributed by atoms with Gasteiger partial charge < -0.3 is 14.9 Å². The molecule has 0 spiro atoms. The van der Waals surface area contributed by atoms with E-state index < -0.39 is 0 Å². The van der Waals surface area contributed by atoms with Gasteiger partial charge in [-0.15, -0.1) is 0 Å². The third-order valence-corrected chi connectivity index (χ3v) is 2.89. The van der Waals surface area contributed by atoms with Crippen molar-refractivity contribution in [3.8, 4) is 11.5 Å². The molecule has 0 atom stereocenters. The molecule has 1 aromatic carbocycles. The number of allylic oxidation sites excluding steroid dienone is 1. The summed E-state index contributed by atoms with van der Waals surface area (Å²) in [5, 5.41) is 3.44. The van der Waals surface area contributed by atoms with E-state index in [4.69, 9.17) is 15.5 Å². The Morgan fingerprint density at radius 2 is 1.94 bits per heavy atom. The fourth-order valence-electron chi connectivity index (χ4n) is 2.24. The molecule has 2 rings (SSSR count). The van der Waals surface area contributed by atoms with Gasteiger partial charge in [0.15, 0.2) is 11.5 Å². The first-order chi connectivity index (χ1) is 7.96. The van der Waals surface area contributed by atoms with Crippen LogP contribution < -0.4 is 20.8 Å². The molecule has 3 N–H and O–H groups in total. The SMILES string of the molecule is COc1cc2c(cc1ON)C(C)=CC(C)(C)N2. The van der Waals surface area contributed by atoms with Crippen LogP contribution in [-0.2, 0) is 0 Å². The zero-order valence-electron chi connectivity index (χ0n) is 10.6. The molecular weight excluding hydrogens is 216 g/mol. The number of nitrogens with two attached hydrogens (primary N) is 1. The van der Waals surface area contributed by atoms with Crippen LogP contribution in [0.25, 0.3) is 5.57 Å². The summed E-state index contributed by atoms with van der Waals surface area (Å²) in [6, 6.07) is 3.80. The van der Waals surface area contributed by atoms with E-state index in [-0.39, 0.29) is 5.54 Å². The Morgan fingerprint density at radius 3 is 2.53 bits per heavy atom. The van der Waals surface area contributed by atoms with Gasteiger partial charge in [-0.25, -0.2) is 0 Å². The van der Waals surface area contributed by atoms with Gasteiger partial charge in [-0.3, -0.25) is 0 Å². The molecule has 4 nitrogen and oxygen atoms in total. The van der Waals surface area contributed by atoms with Gasteiger partial charge in [-0.05, 0) is 32.4 Å². The standard InChI is InChI=1S/C13H18N2O2/c1-8-7-13(2,3)15-10-6-11(16-4)12(17-14)5-9(8)10/h5-7,15H,14H2,1-4H3. The quantitative estimate of drug-likeness (QED) is 0.772. The first kappa shape index (κ1) is 11.8. The smallest absolute Gasteiger partial charge is 0.189 e. The minimum Gasteiger partial charge on any atom is -0.493 e. The van der Waals surface area contributed by atoms with Crippen molar-refractivity contribution in [3.63, 3.8) is 0 Å². The van der Waals surface area contributed by atoms with Gasteiger partial charge >= 0.3 is 0 Å². The number of methoxy groups -OCH3 is 1. The van der Waals surface area contributed by atoms with Crippen LogP contribution in [0.15, 0.2) is 18.2 Å². The summed E-state index contributed by atoms with van der Waals surface area (Å²) >= 11 is 0. The summed E-state index contributed by atoms with van der Waals surface area (Å²) in [7, 11) is 1.60. The van der Waals surface area contributed by atoms with Crippen molar-refractivity contribution >= 4 is 11.3 Å². The third kappa shape index (κ3) is 2.08. The van der Waals surface area contributed by atoms with Crippen LogP contribution in [0.4, 0.5) is 5.69 Å². The summed E-state index contributed by atoms with van der Waals surface area (Å²) in [5.41, 5.74) is 3.26. The average Bonchev–Trinajstić information content (AvgIpc) is 2.26. The van der Waals surface area contributed by atoms with Crippen LogP contribution in [0.1, 0.15) is 26.3 Å². The maximum atomic E-state index is 5.24. The zero-order valence-corrected chi connectivity index (χ0v) is 10.6. The molecule has 1 aliphatic heterocycles. The van der Waals surface area contributed by atoms with Crippen LogP contribution in [-0.4, -0.2) is 12.6 Å². The van der Waals surface area contributed by atoms with Crippen LogP contribution in [0.2, 0.25) is 0 Å². The molecule has 0 aliphatic carbocycles. The molecule has 0 saturated carbocycles. The Morgan fingerprint density at radius 1 is 1.24 bits per heavy atom. The van der Waals surface area contributed by atoms with Crippen LogP contribution >= 0.6 is 0 Å². The molecule has 1 aromatic rings. The molecule has 92 valence electrons. The maximum absolute atomic E-state index is 5.24. The number of hydrogen-bond acceptors (Lipinski definition) is 4. The van der Waals surface area contributed by atoms with Crippen LogP contribution in [0.3, 0.4) is 0 Å². The second-order valence-electron chi connectivity index (χ2n) is 4.84. The van der Waals surface area contributed by atoms with Gasteiger partial charge in [0, 0.05) is 17.3 Å². The molecular formula is C13H18N2O2. The summed E-state index contributed by atoms with van der Waals surface area (Å²) < 4.78 is 5.24. The number of ether oxygens (including phenoxy) is 1. The zero-order chi connectivity index (χ0) is 12.6. The fraction of sp³-hybridized carbons (Fsp3) is 0.385. The Labute approximate surface area is 101 Å². The lowest BCUT2D eigenvalue weighted by molar-refractivity contribution is 0.306. The van der Waals surface area contributed by atoms with E-state index in [1.165, 1.54) is 5.57 Å². The fourth-order valence-corrected chi connectivity index (χ4v) is 2.24. The number of nitrogens with one attached hydrogen (secondary N) is 1. The van der Waals surface area contributed by atoms with Crippen molar-refractivity contribution in [2.45, 2.75) is 26.3 Å². The van der Waals surface area contributed by atoms with Gasteiger partial charge in [0.25, 0.3) is 0 Å². The largest absolute Gasteiger partial charge is 0.493 e. The van der Waals surface area contributed by atoms with Crippen molar-refractivity contribution in [2.24, 2.45) is 5.90 Å². The van der Waals surface area contributed by atoms with Gasteiger partial charge in [0.1, 0.15) is 0 Å². The second-order valence-corrected chi connectivity index (χ2v) is 4.84. The van der Waals surface area contributed by atoms with Gasteiger partial charge in [-0.2, -0.15) is 5.90 Å². The van der Waals surface area contributed by atoms with E-state index in [9.17, 15) is 0 Å². The summed E-state index contributed by atoms with van der Waals surface area (Å²) in [6.07, 6.45) is 2.18. The molecule has 0 radical (unpaired) electrons. The van der Waals surface area contributed by atoms with Gasteiger partial charge in [-0.1, -0.05) is 6.08 Å². The van der Waals surface area contributed by atoms with Crippen molar-refractivity contribution in [1.29, 1.82) is 0 Å². The van der Waals surface area contributed by atoms with Crippen molar-refractivity contribution in [2.75, 3.05) is 12.4 Å². The highest BCUT2D eigenvalue weighted by Gasteiger charge is 2.24. The topological polar surface area (TPSA) is 56.5 Å². The highest BCUT2D eigenvalue weighted by atomic mass is 16.6. The minimum atomic E-state index is -0.0623. The number of hydrogen-bond donors (Lipinski definition) is 2. The van der Waals surface area contributed by atoms with Crippen molar-refractivity contribution < 1.29 is 9.57 Å².